The van der Waals surface area contributed by atoms with Crippen LogP contribution in [-0.4, -0.2) is 53.8 Å². The van der Waals surface area contributed by atoms with Gasteiger partial charge >= 0.3 is 0 Å². The van der Waals surface area contributed by atoms with Gasteiger partial charge in [0.15, 0.2) is 0 Å². The number of piperazine rings is 1. The van der Waals surface area contributed by atoms with Gasteiger partial charge in [0.2, 0.25) is 5.91 Å². The van der Waals surface area contributed by atoms with Crippen LogP contribution in [0.2, 0.25) is 5.02 Å². The van der Waals surface area contributed by atoms with E-state index in [1.807, 2.05) is 42.5 Å². The van der Waals surface area contributed by atoms with Crippen LogP contribution in [0.25, 0.3) is 0 Å². The van der Waals surface area contributed by atoms with Crippen molar-refractivity contribution >= 4 is 51.7 Å². The lowest BCUT2D eigenvalue weighted by molar-refractivity contribution is -0.123. The van der Waals surface area contributed by atoms with Gasteiger partial charge in [0, 0.05) is 34.8 Å². The number of hydrogen-bond acceptors (Lipinski definition) is 4. The molecule has 2 fully saturated rings. The van der Waals surface area contributed by atoms with E-state index in [2.05, 4.69) is 68.8 Å². The number of nitrogens with zero attached hydrogens (tertiary/aromatic N) is 3. The van der Waals surface area contributed by atoms with E-state index in [0.717, 1.165) is 34.8 Å². The Morgan fingerprint density at radius 2 is 1.41 bits per heavy atom. The van der Waals surface area contributed by atoms with E-state index in [1.54, 1.807) is 0 Å². The van der Waals surface area contributed by atoms with Crippen LogP contribution in [0.5, 0.6) is 0 Å². The van der Waals surface area contributed by atoms with Crippen molar-refractivity contribution in [2.24, 2.45) is 0 Å². The van der Waals surface area contributed by atoms with Gasteiger partial charge in [-0.15, -0.1) is 0 Å². The highest BCUT2D eigenvalue weighted by Gasteiger charge is 2.43. The maximum atomic E-state index is 13.2. The Morgan fingerprint density at radius 3 is 2.06 bits per heavy atom. The molecule has 2 atom stereocenters. The number of carbonyl (C=O) groups excluding carboxylic acids is 2. The summed E-state index contributed by atoms with van der Waals surface area (Å²) < 4.78 is 1.07. The molecule has 2 heterocycles. The molecule has 5 rings (SSSR count). The number of benzene rings is 3. The number of imide groups is 1. The molecule has 0 unspecified atom stereocenters. The summed E-state index contributed by atoms with van der Waals surface area (Å²) in [5.74, 6) is -0.237. The van der Waals surface area contributed by atoms with Crippen LogP contribution in [-0.2, 0) is 9.59 Å². The Bertz CT molecular complexity index is 1160. The van der Waals surface area contributed by atoms with Crippen LogP contribution in [0.15, 0.2) is 78.9 Å². The molecule has 7 heteroatoms. The van der Waals surface area contributed by atoms with Crippen molar-refractivity contribution in [2.45, 2.75) is 18.5 Å². The molecular weight excluding hydrogens is 561 g/mol. The minimum atomic E-state index is -0.389. The van der Waals surface area contributed by atoms with Crippen LogP contribution >= 0.6 is 34.2 Å². The first-order valence-electron chi connectivity index (χ1n) is 11.4. The molecule has 3 aromatic rings. The summed E-state index contributed by atoms with van der Waals surface area (Å²) in [4.78, 5) is 32.0. The van der Waals surface area contributed by atoms with Crippen LogP contribution in [0.1, 0.15) is 23.6 Å². The first kappa shape index (κ1) is 23.5. The summed E-state index contributed by atoms with van der Waals surface area (Å²) in [5, 5.41) is 0.725. The number of carbonyl (C=O) groups is 2. The smallest absolute Gasteiger partial charge is 0.251 e. The molecule has 5 nitrogen and oxygen atoms in total. The van der Waals surface area contributed by atoms with Gasteiger partial charge in [-0.2, -0.15) is 0 Å². The quantitative estimate of drug-likeness (QED) is 0.313. The second-order valence-corrected chi connectivity index (χ2v) is 10.4. The van der Waals surface area contributed by atoms with Crippen molar-refractivity contribution < 1.29 is 9.59 Å². The van der Waals surface area contributed by atoms with E-state index in [9.17, 15) is 9.59 Å². The summed E-state index contributed by atoms with van der Waals surface area (Å²) in [6, 6.07) is 25.8. The molecule has 2 aliphatic rings. The fraction of sp³-hybridized carbons (Fsp3) is 0.259. The minimum absolute atomic E-state index is 0.114. The second kappa shape index (κ2) is 10.2. The molecule has 0 aromatic heterocycles. The average molecular weight is 586 g/mol. The van der Waals surface area contributed by atoms with Gasteiger partial charge in [0.1, 0.15) is 0 Å². The molecule has 34 heavy (non-hydrogen) atoms. The number of hydrogen-bond donors (Lipinski definition) is 0. The Labute approximate surface area is 218 Å². The Hall–Kier alpha value is -2.26. The molecule has 2 saturated heterocycles. The van der Waals surface area contributed by atoms with Gasteiger partial charge in [-0.3, -0.25) is 19.4 Å². The molecular formula is C27H25ClIN3O2. The molecule has 174 valence electrons. The van der Waals surface area contributed by atoms with E-state index in [0.29, 0.717) is 5.69 Å². The molecule has 2 amide bonds. The van der Waals surface area contributed by atoms with Gasteiger partial charge in [-0.25, -0.2) is 4.90 Å². The fourth-order valence-electron chi connectivity index (χ4n) is 4.96. The van der Waals surface area contributed by atoms with E-state index in [1.165, 1.54) is 16.0 Å². The highest BCUT2D eigenvalue weighted by Crippen LogP contribution is 2.32. The molecule has 0 N–H and O–H groups in total. The van der Waals surface area contributed by atoms with Gasteiger partial charge in [0.05, 0.1) is 24.2 Å². The minimum Gasteiger partial charge on any atom is -0.290 e. The molecule has 0 spiro atoms. The Balaban J connectivity index is 1.31. The fourth-order valence-corrected chi connectivity index (χ4v) is 5.45. The third kappa shape index (κ3) is 4.77. The highest BCUT2D eigenvalue weighted by molar-refractivity contribution is 14.1. The Morgan fingerprint density at radius 1 is 0.794 bits per heavy atom. The molecule has 0 aliphatic carbocycles. The summed E-state index contributed by atoms with van der Waals surface area (Å²) in [5.41, 5.74) is 3.08. The molecule has 0 saturated carbocycles. The third-order valence-electron chi connectivity index (χ3n) is 6.66. The van der Waals surface area contributed by atoms with Gasteiger partial charge in [0.25, 0.3) is 5.91 Å². The van der Waals surface area contributed by atoms with E-state index < -0.39 is 0 Å². The third-order valence-corrected chi connectivity index (χ3v) is 7.63. The molecule has 0 radical (unpaired) electrons. The van der Waals surface area contributed by atoms with Crippen LogP contribution in [0.4, 0.5) is 5.69 Å². The monoisotopic (exact) mass is 585 g/mol. The normalized spacial score (nSPS) is 20.6. The summed E-state index contributed by atoms with van der Waals surface area (Å²) >= 11 is 8.36. The second-order valence-electron chi connectivity index (χ2n) is 8.70. The molecule has 0 bridgehead atoms. The van der Waals surface area contributed by atoms with E-state index >= 15 is 0 Å². The number of amides is 2. The van der Waals surface area contributed by atoms with Crippen molar-refractivity contribution in [3.8, 4) is 0 Å². The van der Waals surface area contributed by atoms with E-state index in [-0.39, 0.29) is 30.3 Å². The zero-order valence-electron chi connectivity index (χ0n) is 18.6. The van der Waals surface area contributed by atoms with Gasteiger partial charge in [-0.05, 0) is 70.1 Å². The largest absolute Gasteiger partial charge is 0.290 e. The first-order valence-corrected chi connectivity index (χ1v) is 12.9. The summed E-state index contributed by atoms with van der Waals surface area (Å²) in [6.45, 7) is 3.09. The lowest BCUT2D eigenvalue weighted by Gasteiger charge is -2.41. The van der Waals surface area contributed by atoms with Crippen molar-refractivity contribution in [2.75, 3.05) is 31.1 Å². The maximum absolute atomic E-state index is 13.2. The van der Waals surface area contributed by atoms with Gasteiger partial charge in [-0.1, -0.05) is 54.1 Å². The average Bonchev–Trinajstić information content (AvgIpc) is 3.16. The van der Waals surface area contributed by atoms with Crippen LogP contribution in [0, 0.1) is 3.57 Å². The molecule has 2 aliphatic heterocycles. The van der Waals surface area contributed by atoms with Crippen molar-refractivity contribution in [3.05, 3.63) is 98.6 Å². The van der Waals surface area contributed by atoms with Crippen LogP contribution < -0.4 is 4.90 Å². The maximum Gasteiger partial charge on any atom is 0.251 e. The van der Waals surface area contributed by atoms with Crippen molar-refractivity contribution in [1.82, 2.24) is 9.80 Å². The first-order chi connectivity index (χ1) is 16.5. The standard InChI is InChI=1S/C27H25ClIN3O2/c28-21-8-6-20(7-9-21)26(19-4-2-1-3-5-19)31-16-14-30(15-17-31)24-18-25(33)32(27(24)34)23-12-10-22(29)11-13-23/h1-13,24,26H,14-18H2/t24-,26-/m0/s1. The van der Waals surface area contributed by atoms with Crippen molar-refractivity contribution in [3.63, 3.8) is 0 Å². The number of anilines is 1. The topological polar surface area (TPSA) is 43.9 Å². The number of rotatable bonds is 5. The van der Waals surface area contributed by atoms with E-state index in [4.69, 9.17) is 11.6 Å². The number of halogens is 2. The predicted molar refractivity (Wildman–Crippen MR) is 143 cm³/mol. The lowest BCUT2D eigenvalue weighted by atomic mass is 9.96. The zero-order chi connectivity index (χ0) is 23.7. The lowest BCUT2D eigenvalue weighted by Crippen LogP contribution is -2.53. The zero-order valence-corrected chi connectivity index (χ0v) is 21.5. The van der Waals surface area contributed by atoms with Crippen molar-refractivity contribution in [1.29, 1.82) is 0 Å². The highest BCUT2D eigenvalue weighted by atomic mass is 127. The molecule has 3 aromatic carbocycles. The van der Waals surface area contributed by atoms with Gasteiger partial charge < -0.3 is 0 Å². The predicted octanol–water partition coefficient (Wildman–Crippen LogP) is 4.98. The summed E-state index contributed by atoms with van der Waals surface area (Å²) in [7, 11) is 0. The van der Waals surface area contributed by atoms with Crippen LogP contribution in [0.3, 0.4) is 0 Å². The summed E-state index contributed by atoms with van der Waals surface area (Å²) in [6.07, 6.45) is 0.240. The Kier molecular flexibility index (Phi) is 7.01. The SMILES string of the molecule is O=C1C[C@H](N2CCN([C@@H](c3ccccc3)c3ccc(Cl)cc3)CC2)C(=O)N1c1ccc(I)cc1.